The standard InChI is InChI=1S/C14H10O6S2/c15-21(16,17)12-6-11-5-9-3-1-2-4-10(9)7-13(11)14(8-12)22(18,19)20/h1-8H,(H,15,16,17)(H,18,19,20). The van der Waals surface area contributed by atoms with Gasteiger partial charge in [-0.05, 0) is 40.4 Å². The van der Waals surface area contributed by atoms with Crippen LogP contribution in [0.5, 0.6) is 0 Å². The molecule has 0 aliphatic heterocycles. The van der Waals surface area contributed by atoms with Crippen LogP contribution in [-0.2, 0) is 20.2 Å². The van der Waals surface area contributed by atoms with E-state index in [9.17, 15) is 21.4 Å². The van der Waals surface area contributed by atoms with Crippen LogP contribution >= 0.6 is 0 Å². The summed E-state index contributed by atoms with van der Waals surface area (Å²) >= 11 is 0. The van der Waals surface area contributed by atoms with Crippen molar-refractivity contribution in [2.24, 2.45) is 0 Å². The number of benzene rings is 3. The molecule has 0 unspecified atom stereocenters. The molecule has 3 aromatic rings. The summed E-state index contributed by atoms with van der Waals surface area (Å²) in [4.78, 5) is -1.16. The highest BCUT2D eigenvalue weighted by molar-refractivity contribution is 7.86. The van der Waals surface area contributed by atoms with E-state index in [1.807, 2.05) is 0 Å². The van der Waals surface area contributed by atoms with Gasteiger partial charge >= 0.3 is 0 Å². The minimum absolute atomic E-state index is 0.175. The largest absolute Gasteiger partial charge is 0.295 e. The Morgan fingerprint density at radius 2 is 1.27 bits per heavy atom. The minimum atomic E-state index is -4.66. The van der Waals surface area contributed by atoms with E-state index in [2.05, 4.69) is 0 Å². The molecule has 0 heterocycles. The van der Waals surface area contributed by atoms with E-state index in [1.165, 1.54) is 0 Å². The highest BCUT2D eigenvalue weighted by Crippen LogP contribution is 2.30. The van der Waals surface area contributed by atoms with Crippen molar-refractivity contribution in [2.45, 2.75) is 9.79 Å². The van der Waals surface area contributed by atoms with E-state index in [0.29, 0.717) is 0 Å². The van der Waals surface area contributed by atoms with Crippen LogP contribution in [0.1, 0.15) is 0 Å². The lowest BCUT2D eigenvalue weighted by atomic mass is 10.0. The highest BCUT2D eigenvalue weighted by Gasteiger charge is 2.20. The van der Waals surface area contributed by atoms with Crippen molar-refractivity contribution in [3.05, 3.63) is 48.5 Å². The first-order chi connectivity index (χ1) is 10.2. The average molecular weight is 338 g/mol. The van der Waals surface area contributed by atoms with Crippen LogP contribution in [0, 0.1) is 0 Å². The van der Waals surface area contributed by atoms with Gasteiger partial charge in [-0.1, -0.05) is 24.3 Å². The van der Waals surface area contributed by atoms with Gasteiger partial charge in [-0.25, -0.2) is 0 Å². The van der Waals surface area contributed by atoms with Crippen LogP contribution in [0.15, 0.2) is 58.3 Å². The fourth-order valence-corrected chi connectivity index (χ4v) is 3.70. The first-order valence-corrected chi connectivity index (χ1v) is 8.96. The van der Waals surface area contributed by atoms with Crippen molar-refractivity contribution in [1.82, 2.24) is 0 Å². The molecule has 0 bridgehead atoms. The van der Waals surface area contributed by atoms with Crippen LogP contribution in [0.2, 0.25) is 0 Å². The zero-order valence-electron chi connectivity index (χ0n) is 11.0. The minimum Gasteiger partial charge on any atom is -0.282 e. The molecule has 0 aromatic heterocycles. The summed E-state index contributed by atoms with van der Waals surface area (Å²) < 4.78 is 64.2. The predicted molar refractivity (Wildman–Crippen MR) is 81.1 cm³/mol. The summed E-state index contributed by atoms with van der Waals surface area (Å²) in [6.45, 7) is 0. The van der Waals surface area contributed by atoms with E-state index in [0.717, 1.165) is 22.9 Å². The smallest absolute Gasteiger partial charge is 0.282 e. The second kappa shape index (κ2) is 4.75. The summed E-state index contributed by atoms with van der Waals surface area (Å²) in [7, 11) is -9.26. The van der Waals surface area contributed by atoms with E-state index in [4.69, 9.17) is 4.55 Å². The molecule has 0 radical (unpaired) electrons. The lowest BCUT2D eigenvalue weighted by Gasteiger charge is -2.08. The molecule has 8 heteroatoms. The maximum Gasteiger partial charge on any atom is 0.295 e. The van der Waals surface area contributed by atoms with Crippen molar-refractivity contribution >= 4 is 41.8 Å². The predicted octanol–water partition coefficient (Wildman–Crippen LogP) is 2.49. The molecule has 0 atom stereocenters. The van der Waals surface area contributed by atoms with Gasteiger partial charge in [0.2, 0.25) is 0 Å². The van der Waals surface area contributed by atoms with Gasteiger partial charge < -0.3 is 0 Å². The molecular weight excluding hydrogens is 328 g/mol. The highest BCUT2D eigenvalue weighted by atomic mass is 32.2. The Morgan fingerprint density at radius 1 is 0.682 bits per heavy atom. The fourth-order valence-electron chi connectivity index (χ4n) is 2.35. The monoisotopic (exact) mass is 338 g/mol. The molecule has 22 heavy (non-hydrogen) atoms. The summed E-state index contributed by atoms with van der Waals surface area (Å²) in [5.74, 6) is 0. The van der Waals surface area contributed by atoms with Crippen LogP contribution in [-0.4, -0.2) is 25.9 Å². The van der Waals surface area contributed by atoms with Crippen LogP contribution in [0.25, 0.3) is 21.5 Å². The summed E-state index contributed by atoms with van der Waals surface area (Å²) in [5, 5.41) is 1.96. The molecule has 0 fully saturated rings. The van der Waals surface area contributed by atoms with Crippen molar-refractivity contribution < 1.29 is 25.9 Å². The van der Waals surface area contributed by atoms with Gasteiger partial charge in [0.05, 0.1) is 4.90 Å². The van der Waals surface area contributed by atoms with E-state index < -0.39 is 30.0 Å². The number of hydrogen-bond donors (Lipinski definition) is 2. The Kier molecular flexibility index (Phi) is 3.22. The molecule has 114 valence electrons. The Labute approximate surface area is 126 Å². The maximum atomic E-state index is 11.5. The van der Waals surface area contributed by atoms with E-state index in [-0.39, 0.29) is 10.8 Å². The lowest BCUT2D eigenvalue weighted by Crippen LogP contribution is -2.04. The molecular formula is C14H10O6S2. The van der Waals surface area contributed by atoms with Crippen LogP contribution < -0.4 is 0 Å². The second-order valence-corrected chi connectivity index (χ2v) is 7.60. The summed E-state index contributed by atoms with van der Waals surface area (Å²) in [6.07, 6.45) is 0. The normalized spacial score (nSPS) is 12.8. The second-order valence-electron chi connectivity index (χ2n) is 4.79. The third-order valence-corrected chi connectivity index (χ3v) is 5.06. The third-order valence-electron chi connectivity index (χ3n) is 3.33. The SMILES string of the molecule is O=S(=O)(O)c1cc(S(=O)(=O)O)c2cc3ccccc3cc2c1. The molecule has 0 saturated heterocycles. The van der Waals surface area contributed by atoms with Gasteiger partial charge in [-0.15, -0.1) is 0 Å². The Hall–Kier alpha value is -2.00. The molecule has 0 amide bonds. The molecule has 3 rings (SSSR count). The van der Waals surface area contributed by atoms with Crippen molar-refractivity contribution in [2.75, 3.05) is 0 Å². The van der Waals surface area contributed by atoms with Crippen molar-refractivity contribution in [1.29, 1.82) is 0 Å². The van der Waals surface area contributed by atoms with Gasteiger partial charge in [-0.3, -0.25) is 9.11 Å². The van der Waals surface area contributed by atoms with Crippen molar-refractivity contribution in [3.8, 4) is 0 Å². The molecule has 0 aliphatic carbocycles. The van der Waals surface area contributed by atoms with Gasteiger partial charge in [0.1, 0.15) is 4.90 Å². The molecule has 3 aromatic carbocycles. The Bertz CT molecular complexity index is 1110. The first-order valence-electron chi connectivity index (χ1n) is 6.08. The zero-order valence-corrected chi connectivity index (χ0v) is 12.6. The van der Waals surface area contributed by atoms with Crippen LogP contribution in [0.4, 0.5) is 0 Å². The molecule has 0 spiro atoms. The fraction of sp³-hybridized carbons (Fsp3) is 0. The summed E-state index contributed by atoms with van der Waals surface area (Å²) in [5.41, 5.74) is 0. The maximum absolute atomic E-state index is 11.5. The van der Waals surface area contributed by atoms with Gasteiger partial charge in [0.15, 0.2) is 0 Å². The number of hydrogen-bond acceptors (Lipinski definition) is 4. The number of rotatable bonds is 2. The number of fused-ring (bicyclic) bond motifs is 2. The van der Waals surface area contributed by atoms with E-state index >= 15 is 0 Å². The first kappa shape index (κ1) is 14.9. The lowest BCUT2D eigenvalue weighted by molar-refractivity contribution is 0.482. The third kappa shape index (κ3) is 2.57. The molecule has 2 N–H and O–H groups in total. The van der Waals surface area contributed by atoms with Crippen LogP contribution in [0.3, 0.4) is 0 Å². The van der Waals surface area contributed by atoms with Gasteiger partial charge in [0, 0.05) is 5.39 Å². The summed E-state index contributed by atoms with van der Waals surface area (Å²) in [6, 6.07) is 12.1. The van der Waals surface area contributed by atoms with E-state index in [1.54, 1.807) is 36.4 Å². The van der Waals surface area contributed by atoms with Gasteiger partial charge in [0.25, 0.3) is 20.2 Å². The molecule has 0 saturated carbocycles. The Balaban J connectivity index is 2.56. The zero-order chi connectivity index (χ0) is 16.1. The Morgan fingerprint density at radius 3 is 1.82 bits per heavy atom. The molecule has 0 aliphatic rings. The average Bonchev–Trinajstić information content (AvgIpc) is 2.41. The molecule has 6 nitrogen and oxygen atoms in total. The quantitative estimate of drug-likeness (QED) is 0.549. The van der Waals surface area contributed by atoms with Crippen molar-refractivity contribution in [3.63, 3.8) is 0 Å². The van der Waals surface area contributed by atoms with Gasteiger partial charge in [-0.2, -0.15) is 16.8 Å². The topological polar surface area (TPSA) is 109 Å².